The first-order valence-corrected chi connectivity index (χ1v) is 9.27. The number of carbonyl (C=O) groups is 2. The molecule has 0 bridgehead atoms. The molecule has 1 atom stereocenters. The molecule has 1 fully saturated rings. The third-order valence-electron chi connectivity index (χ3n) is 4.19. The fraction of sp³-hybridized carbons (Fsp3) is 0.692. The Morgan fingerprint density at radius 1 is 1.33 bits per heavy atom. The lowest BCUT2D eigenvalue weighted by Crippen LogP contribution is -2.48. The highest BCUT2D eigenvalue weighted by molar-refractivity contribution is 6.74. The topological polar surface area (TPSA) is 46.6 Å². The van der Waals surface area contributed by atoms with Gasteiger partial charge in [-0.3, -0.25) is 14.5 Å². The quantitative estimate of drug-likeness (QED) is 0.570. The summed E-state index contributed by atoms with van der Waals surface area (Å²) in [4.78, 5) is 24.8. The van der Waals surface area contributed by atoms with E-state index in [0.717, 1.165) is 5.70 Å². The summed E-state index contributed by atoms with van der Waals surface area (Å²) in [7, 11) is -1.92. The Hall–Kier alpha value is -0.943. The van der Waals surface area contributed by atoms with Gasteiger partial charge in [-0.2, -0.15) is 0 Å². The normalized spacial score (nSPS) is 24.6. The van der Waals surface area contributed by atoms with Crippen molar-refractivity contribution in [1.29, 1.82) is 0 Å². The molecule has 2 heterocycles. The van der Waals surface area contributed by atoms with Gasteiger partial charge in [0.05, 0.1) is 6.42 Å². The fourth-order valence-corrected chi connectivity index (χ4v) is 3.27. The molecule has 0 radical (unpaired) electrons. The molecule has 0 aromatic rings. The molecule has 2 aliphatic rings. The minimum Gasteiger partial charge on any atom is -0.396 e. The molecule has 2 aliphatic heterocycles. The average molecular weight is 267 g/mol. The molecule has 1 unspecified atom stereocenters. The highest BCUT2D eigenvalue weighted by Crippen LogP contribution is 2.40. The highest BCUT2D eigenvalue weighted by Gasteiger charge is 2.46. The number of carbonyl (C=O) groups excluding carboxylic acids is 2. The predicted molar refractivity (Wildman–Crippen MR) is 71.2 cm³/mol. The second-order valence-corrected chi connectivity index (χ2v) is 11.3. The van der Waals surface area contributed by atoms with E-state index in [1.807, 2.05) is 6.08 Å². The molecular formula is C13H21NO3Si. The Morgan fingerprint density at radius 2 is 1.94 bits per heavy atom. The second-order valence-electron chi connectivity index (χ2n) is 6.54. The zero-order valence-corrected chi connectivity index (χ0v) is 12.7. The largest absolute Gasteiger partial charge is 0.396 e. The smallest absolute Gasteiger partial charge is 0.296 e. The number of amides is 1. The van der Waals surface area contributed by atoms with Crippen molar-refractivity contribution in [2.24, 2.45) is 0 Å². The van der Waals surface area contributed by atoms with E-state index in [2.05, 4.69) is 33.9 Å². The molecule has 5 heteroatoms. The van der Waals surface area contributed by atoms with Crippen molar-refractivity contribution in [1.82, 2.24) is 4.90 Å². The van der Waals surface area contributed by atoms with Crippen LogP contribution in [0.5, 0.6) is 0 Å². The summed E-state index contributed by atoms with van der Waals surface area (Å²) in [6, 6.07) is 0. The van der Waals surface area contributed by atoms with Gasteiger partial charge < -0.3 is 4.43 Å². The Balaban J connectivity index is 2.14. The predicted octanol–water partition coefficient (Wildman–Crippen LogP) is 2.42. The van der Waals surface area contributed by atoms with Crippen LogP contribution in [0.4, 0.5) is 0 Å². The summed E-state index contributed by atoms with van der Waals surface area (Å²) in [6.07, 6.45) is 2.65. The molecule has 1 saturated heterocycles. The summed E-state index contributed by atoms with van der Waals surface area (Å²) >= 11 is 0. The fourth-order valence-electron chi connectivity index (χ4n) is 2.04. The van der Waals surface area contributed by atoms with Crippen LogP contribution in [0.25, 0.3) is 0 Å². The molecule has 0 aliphatic carbocycles. The Bertz CT molecular complexity index is 434. The molecule has 2 rings (SSSR count). The molecule has 4 nitrogen and oxygen atoms in total. The number of nitrogens with zero attached hydrogens (tertiary/aromatic N) is 1. The lowest BCUT2D eigenvalue weighted by atomic mass is 10.2. The molecule has 0 aromatic heterocycles. The number of hydrogen-bond acceptors (Lipinski definition) is 3. The molecule has 0 spiro atoms. The number of Topliss-reactive ketones (excluding diaryl/α,β-unsaturated/α-hetero) is 1. The van der Waals surface area contributed by atoms with Crippen molar-refractivity contribution in [3.05, 3.63) is 11.8 Å². The first kappa shape index (κ1) is 13.5. The van der Waals surface area contributed by atoms with E-state index in [-0.39, 0.29) is 23.5 Å². The SMILES string of the molecule is CC(C)(C)[Si](C)(C)OC1CC=C2CC(=O)C(=O)N21. The van der Waals surface area contributed by atoms with Gasteiger partial charge in [0.25, 0.3) is 5.91 Å². The van der Waals surface area contributed by atoms with Crippen molar-refractivity contribution in [2.75, 3.05) is 0 Å². The van der Waals surface area contributed by atoms with Gasteiger partial charge >= 0.3 is 0 Å². The molecule has 1 amide bonds. The van der Waals surface area contributed by atoms with Crippen LogP contribution in [-0.4, -0.2) is 31.1 Å². The van der Waals surface area contributed by atoms with Crippen LogP contribution in [0.3, 0.4) is 0 Å². The number of rotatable bonds is 2. The maximum absolute atomic E-state index is 11.8. The summed E-state index contributed by atoms with van der Waals surface area (Å²) < 4.78 is 6.24. The minimum atomic E-state index is -1.92. The van der Waals surface area contributed by atoms with Crippen LogP contribution in [0.15, 0.2) is 11.8 Å². The maximum Gasteiger partial charge on any atom is 0.296 e. The first-order chi connectivity index (χ1) is 8.13. The van der Waals surface area contributed by atoms with Crippen molar-refractivity contribution in [2.45, 2.75) is 58.0 Å². The van der Waals surface area contributed by atoms with E-state index in [1.54, 1.807) is 4.90 Å². The van der Waals surface area contributed by atoms with E-state index in [0.29, 0.717) is 6.42 Å². The van der Waals surface area contributed by atoms with Gasteiger partial charge in [0.2, 0.25) is 5.78 Å². The van der Waals surface area contributed by atoms with Crippen LogP contribution < -0.4 is 0 Å². The van der Waals surface area contributed by atoms with E-state index in [9.17, 15) is 9.59 Å². The number of allylic oxidation sites excluding steroid dienone is 1. The van der Waals surface area contributed by atoms with E-state index >= 15 is 0 Å². The van der Waals surface area contributed by atoms with E-state index < -0.39 is 14.2 Å². The van der Waals surface area contributed by atoms with Crippen LogP contribution in [0.1, 0.15) is 33.6 Å². The van der Waals surface area contributed by atoms with Gasteiger partial charge in [0.1, 0.15) is 6.23 Å². The Morgan fingerprint density at radius 3 is 2.50 bits per heavy atom. The zero-order chi connectivity index (χ0) is 13.7. The summed E-state index contributed by atoms with van der Waals surface area (Å²) in [5, 5.41) is 0.0997. The van der Waals surface area contributed by atoms with Crippen molar-refractivity contribution < 1.29 is 14.0 Å². The van der Waals surface area contributed by atoms with Crippen molar-refractivity contribution >= 4 is 20.0 Å². The van der Waals surface area contributed by atoms with Crippen molar-refractivity contribution in [3.63, 3.8) is 0 Å². The van der Waals surface area contributed by atoms with Gasteiger partial charge in [0.15, 0.2) is 8.32 Å². The van der Waals surface area contributed by atoms with E-state index in [4.69, 9.17) is 4.43 Å². The van der Waals surface area contributed by atoms with E-state index in [1.165, 1.54) is 0 Å². The van der Waals surface area contributed by atoms with Gasteiger partial charge in [-0.05, 0) is 18.1 Å². The van der Waals surface area contributed by atoms with Crippen LogP contribution in [0.2, 0.25) is 18.1 Å². The van der Waals surface area contributed by atoms with Gasteiger partial charge in [0, 0.05) is 12.1 Å². The lowest BCUT2D eigenvalue weighted by molar-refractivity contribution is -0.143. The first-order valence-electron chi connectivity index (χ1n) is 6.37. The number of hydrogen-bond donors (Lipinski definition) is 0. The molecule has 18 heavy (non-hydrogen) atoms. The third-order valence-corrected chi connectivity index (χ3v) is 8.66. The molecule has 0 N–H and O–H groups in total. The lowest BCUT2D eigenvalue weighted by Gasteiger charge is -2.40. The van der Waals surface area contributed by atoms with Crippen LogP contribution in [-0.2, 0) is 14.0 Å². The summed E-state index contributed by atoms with van der Waals surface area (Å²) in [5.74, 6) is -0.716. The maximum atomic E-state index is 11.8. The van der Waals surface area contributed by atoms with Crippen molar-refractivity contribution in [3.8, 4) is 0 Å². The van der Waals surface area contributed by atoms with Gasteiger partial charge in [-0.15, -0.1) is 0 Å². The highest BCUT2D eigenvalue weighted by atomic mass is 28.4. The summed E-state index contributed by atoms with van der Waals surface area (Å²) in [5.41, 5.74) is 0.828. The van der Waals surface area contributed by atoms with Crippen LogP contribution in [0, 0.1) is 0 Å². The second kappa shape index (κ2) is 4.03. The van der Waals surface area contributed by atoms with Crippen LogP contribution >= 0.6 is 0 Å². The standard InChI is InChI=1S/C13H21NO3Si/c1-13(2,3)18(4,5)17-11-7-6-9-8-10(15)12(16)14(9)11/h6,11H,7-8H2,1-5H3. The molecule has 0 saturated carbocycles. The molecule has 0 aromatic carbocycles. The number of ketones is 1. The Labute approximate surface area is 109 Å². The zero-order valence-electron chi connectivity index (χ0n) is 11.7. The summed E-state index contributed by atoms with van der Waals surface area (Å²) in [6.45, 7) is 10.8. The minimum absolute atomic E-state index is 0.0997. The third kappa shape index (κ3) is 2.05. The monoisotopic (exact) mass is 267 g/mol. The Kier molecular flexibility index (Phi) is 3.02. The van der Waals surface area contributed by atoms with Gasteiger partial charge in [-0.1, -0.05) is 26.8 Å². The number of fused-ring (bicyclic) bond motifs is 1. The molecule has 100 valence electrons. The molecular weight excluding hydrogens is 246 g/mol. The average Bonchev–Trinajstić information content (AvgIpc) is 2.69. The van der Waals surface area contributed by atoms with Gasteiger partial charge in [-0.25, -0.2) is 0 Å².